The molecule has 2 rings (SSSR count). The molecule has 128 valence electrons. The van der Waals surface area contributed by atoms with Crippen molar-refractivity contribution in [1.82, 2.24) is 10.3 Å². The highest BCUT2D eigenvalue weighted by Gasteiger charge is 2.24. The lowest BCUT2D eigenvalue weighted by atomic mass is 9.96. The van der Waals surface area contributed by atoms with Crippen molar-refractivity contribution in [2.45, 2.75) is 39.3 Å². The molecule has 0 radical (unpaired) electrons. The summed E-state index contributed by atoms with van der Waals surface area (Å²) in [5.74, 6) is 6.71. The largest absolute Gasteiger partial charge is 0.493 e. The van der Waals surface area contributed by atoms with Crippen molar-refractivity contribution in [1.29, 1.82) is 0 Å². The Labute approximate surface area is 137 Å². The van der Waals surface area contributed by atoms with Gasteiger partial charge in [0.25, 0.3) is 0 Å². The maximum atomic E-state index is 11.6. The Hall–Kier alpha value is -1.79. The molecule has 1 aliphatic heterocycles. The van der Waals surface area contributed by atoms with E-state index in [1.165, 1.54) is 5.56 Å². The molecule has 1 aromatic rings. The summed E-state index contributed by atoms with van der Waals surface area (Å²) in [7, 11) is 1.66. The lowest BCUT2D eigenvalue weighted by Crippen LogP contribution is -2.42. The van der Waals surface area contributed by atoms with E-state index in [4.69, 9.17) is 15.3 Å². The number of rotatable bonds is 6. The van der Waals surface area contributed by atoms with Gasteiger partial charge >= 0.3 is 0 Å². The Bertz CT molecular complexity index is 526. The second-order valence-corrected chi connectivity index (χ2v) is 6.21. The number of benzene rings is 1. The second-order valence-electron chi connectivity index (χ2n) is 6.21. The van der Waals surface area contributed by atoms with Gasteiger partial charge in [0.2, 0.25) is 5.91 Å². The Kier molecular flexibility index (Phi) is 6.24. The van der Waals surface area contributed by atoms with E-state index >= 15 is 0 Å². The summed E-state index contributed by atoms with van der Waals surface area (Å²) in [6, 6.07) is 6.05. The average Bonchev–Trinajstić information content (AvgIpc) is 2.55. The minimum absolute atomic E-state index is 0.0348. The molecule has 0 unspecified atom stereocenters. The van der Waals surface area contributed by atoms with Crippen LogP contribution in [0.2, 0.25) is 0 Å². The van der Waals surface area contributed by atoms with Crippen LogP contribution in [0.25, 0.3) is 0 Å². The number of hydrogen-bond acceptors (Lipinski definition) is 5. The number of nitrogens with zero attached hydrogens (tertiary/aromatic N) is 1. The molecule has 0 aromatic heterocycles. The number of hydrogen-bond donors (Lipinski definition) is 2. The molecule has 6 heteroatoms. The van der Waals surface area contributed by atoms with E-state index in [0.29, 0.717) is 0 Å². The van der Waals surface area contributed by atoms with E-state index < -0.39 is 0 Å². The number of carbonyl (C=O) groups is 1. The minimum atomic E-state index is -0.0542. The SMILES string of the molecule is COc1cc(CN2CCC(C(=O)NN)CC2)ccc1OC(C)C. The zero-order chi connectivity index (χ0) is 16.8. The fourth-order valence-electron chi connectivity index (χ4n) is 2.89. The van der Waals surface area contributed by atoms with Gasteiger partial charge in [0, 0.05) is 12.5 Å². The van der Waals surface area contributed by atoms with Gasteiger partial charge in [0.1, 0.15) is 0 Å². The minimum Gasteiger partial charge on any atom is -0.493 e. The van der Waals surface area contributed by atoms with Gasteiger partial charge in [-0.3, -0.25) is 15.1 Å². The van der Waals surface area contributed by atoms with Crippen molar-refractivity contribution >= 4 is 5.91 Å². The second kappa shape index (κ2) is 8.17. The van der Waals surface area contributed by atoms with Gasteiger partial charge < -0.3 is 9.47 Å². The van der Waals surface area contributed by atoms with Gasteiger partial charge in [-0.05, 0) is 57.5 Å². The first-order valence-corrected chi connectivity index (χ1v) is 8.10. The summed E-state index contributed by atoms with van der Waals surface area (Å²) >= 11 is 0. The van der Waals surface area contributed by atoms with Crippen LogP contribution in [0.4, 0.5) is 0 Å². The van der Waals surface area contributed by atoms with Crippen molar-refractivity contribution in [3.05, 3.63) is 23.8 Å². The summed E-state index contributed by atoms with van der Waals surface area (Å²) in [5.41, 5.74) is 3.43. The Morgan fingerprint density at radius 3 is 2.61 bits per heavy atom. The topological polar surface area (TPSA) is 76.8 Å². The van der Waals surface area contributed by atoms with Gasteiger partial charge in [0.05, 0.1) is 13.2 Å². The molecule has 0 aliphatic carbocycles. The number of nitrogens with two attached hydrogens (primary N) is 1. The van der Waals surface area contributed by atoms with Crippen molar-refractivity contribution in [3.63, 3.8) is 0 Å². The van der Waals surface area contributed by atoms with E-state index in [9.17, 15) is 4.79 Å². The van der Waals surface area contributed by atoms with Gasteiger partial charge in [-0.2, -0.15) is 0 Å². The van der Waals surface area contributed by atoms with Gasteiger partial charge in [-0.15, -0.1) is 0 Å². The zero-order valence-corrected chi connectivity index (χ0v) is 14.2. The molecule has 6 nitrogen and oxygen atoms in total. The first-order valence-electron chi connectivity index (χ1n) is 8.10. The van der Waals surface area contributed by atoms with Crippen LogP contribution in [0.1, 0.15) is 32.3 Å². The molecular weight excluding hydrogens is 294 g/mol. The summed E-state index contributed by atoms with van der Waals surface area (Å²) in [4.78, 5) is 13.9. The van der Waals surface area contributed by atoms with E-state index in [-0.39, 0.29) is 17.9 Å². The molecule has 1 amide bonds. The smallest absolute Gasteiger partial charge is 0.237 e. The summed E-state index contributed by atoms with van der Waals surface area (Å²) in [5, 5.41) is 0. The summed E-state index contributed by atoms with van der Waals surface area (Å²) in [6.45, 7) is 6.62. The number of carbonyl (C=O) groups excluding carboxylic acids is 1. The average molecular weight is 321 g/mol. The zero-order valence-electron chi connectivity index (χ0n) is 14.2. The predicted octanol–water partition coefficient (Wildman–Crippen LogP) is 1.68. The van der Waals surface area contributed by atoms with Crippen LogP contribution in [-0.4, -0.2) is 37.1 Å². The lowest BCUT2D eigenvalue weighted by Gasteiger charge is -2.31. The van der Waals surface area contributed by atoms with Crippen LogP contribution in [0.5, 0.6) is 11.5 Å². The molecule has 23 heavy (non-hydrogen) atoms. The van der Waals surface area contributed by atoms with Crippen LogP contribution in [0.3, 0.4) is 0 Å². The van der Waals surface area contributed by atoms with Crippen LogP contribution in [0, 0.1) is 5.92 Å². The highest BCUT2D eigenvalue weighted by Crippen LogP contribution is 2.30. The highest BCUT2D eigenvalue weighted by atomic mass is 16.5. The molecule has 1 heterocycles. The molecule has 0 spiro atoms. The molecule has 1 aromatic carbocycles. The van der Waals surface area contributed by atoms with Crippen LogP contribution in [-0.2, 0) is 11.3 Å². The first kappa shape index (κ1) is 17.6. The normalized spacial score (nSPS) is 16.4. The van der Waals surface area contributed by atoms with E-state index in [0.717, 1.165) is 44.0 Å². The van der Waals surface area contributed by atoms with Crippen LogP contribution < -0.4 is 20.7 Å². The molecular formula is C17H27N3O3. The fourth-order valence-corrected chi connectivity index (χ4v) is 2.89. The van der Waals surface area contributed by atoms with E-state index in [2.05, 4.69) is 16.4 Å². The maximum absolute atomic E-state index is 11.6. The van der Waals surface area contributed by atoms with Crippen molar-refractivity contribution in [3.8, 4) is 11.5 Å². The Morgan fingerprint density at radius 2 is 2.04 bits per heavy atom. The third-order valence-corrected chi connectivity index (χ3v) is 4.10. The Balaban J connectivity index is 1.95. The monoisotopic (exact) mass is 321 g/mol. The van der Waals surface area contributed by atoms with Gasteiger partial charge in [-0.1, -0.05) is 6.07 Å². The van der Waals surface area contributed by atoms with Crippen molar-refractivity contribution in [2.24, 2.45) is 11.8 Å². The number of methoxy groups -OCH3 is 1. The molecule has 1 aliphatic rings. The van der Waals surface area contributed by atoms with E-state index in [1.807, 2.05) is 26.0 Å². The van der Waals surface area contributed by atoms with Gasteiger partial charge in [-0.25, -0.2) is 5.84 Å². The summed E-state index contributed by atoms with van der Waals surface area (Å²) < 4.78 is 11.2. The first-order chi connectivity index (χ1) is 11.0. The number of likely N-dealkylation sites (tertiary alicyclic amines) is 1. The van der Waals surface area contributed by atoms with Crippen molar-refractivity contribution in [2.75, 3.05) is 20.2 Å². The molecule has 0 bridgehead atoms. The van der Waals surface area contributed by atoms with Crippen LogP contribution in [0.15, 0.2) is 18.2 Å². The quantitative estimate of drug-likeness (QED) is 0.474. The van der Waals surface area contributed by atoms with Gasteiger partial charge in [0.15, 0.2) is 11.5 Å². The fraction of sp³-hybridized carbons (Fsp3) is 0.588. The Morgan fingerprint density at radius 1 is 1.35 bits per heavy atom. The maximum Gasteiger partial charge on any atom is 0.237 e. The third kappa shape index (κ3) is 4.84. The molecule has 0 saturated carbocycles. The van der Waals surface area contributed by atoms with Crippen LogP contribution >= 0.6 is 0 Å². The lowest BCUT2D eigenvalue weighted by molar-refractivity contribution is -0.126. The number of ether oxygens (including phenoxy) is 2. The summed E-state index contributed by atoms with van der Waals surface area (Å²) in [6.07, 6.45) is 1.80. The molecule has 3 N–H and O–H groups in total. The molecule has 1 fully saturated rings. The highest BCUT2D eigenvalue weighted by molar-refractivity contribution is 5.78. The number of amides is 1. The predicted molar refractivity (Wildman–Crippen MR) is 89.1 cm³/mol. The standard InChI is InChI=1S/C17H27N3O3/c1-12(2)23-15-5-4-13(10-16(15)22-3)11-20-8-6-14(7-9-20)17(21)19-18/h4-5,10,12,14H,6-9,11,18H2,1-3H3,(H,19,21). The number of piperidine rings is 1. The van der Waals surface area contributed by atoms with Crippen molar-refractivity contribution < 1.29 is 14.3 Å². The molecule has 1 saturated heterocycles. The number of hydrazine groups is 1. The third-order valence-electron chi connectivity index (χ3n) is 4.10. The number of nitrogens with one attached hydrogen (secondary N) is 1. The molecule has 0 atom stereocenters. The van der Waals surface area contributed by atoms with E-state index in [1.54, 1.807) is 7.11 Å².